The number of hydrogen-bond acceptors (Lipinski definition) is 24. The first-order chi connectivity index (χ1) is 45.1. The normalized spacial score (nSPS) is 17.5. The summed E-state index contributed by atoms with van der Waals surface area (Å²) in [6, 6.07) is 28.2. The van der Waals surface area contributed by atoms with Crippen molar-refractivity contribution >= 4 is 102 Å². The topological polar surface area (TPSA) is 395 Å². The average Bonchev–Trinajstić information content (AvgIpc) is 0.766. The van der Waals surface area contributed by atoms with E-state index in [1.165, 1.54) is 97.1 Å². The molecule has 96 heavy (non-hydrogen) atoms. The lowest BCUT2D eigenvalue weighted by molar-refractivity contribution is 0.0522. The van der Waals surface area contributed by atoms with Gasteiger partial charge in [0.05, 0.1) is 83.2 Å². The summed E-state index contributed by atoms with van der Waals surface area (Å²) >= 11 is 0. The quantitative estimate of drug-likeness (QED) is 0.114. The number of sulfonamides is 4. The molecule has 4 N–H and O–H groups in total. The lowest BCUT2D eigenvalue weighted by atomic mass is 10.1. The molecule has 6 bridgehead atoms. The Morgan fingerprint density at radius 2 is 0.479 bits per heavy atom. The molecule has 0 saturated heterocycles. The summed E-state index contributed by atoms with van der Waals surface area (Å²) in [5.74, 6) is -3.17. The van der Waals surface area contributed by atoms with Gasteiger partial charge < -0.3 is 35.7 Å². The fraction of sp³-hybridized carbons (Fsp3) is 0.267. The Hall–Kier alpha value is -7.24. The fourth-order valence-electron chi connectivity index (χ4n) is 9.11. The van der Waals surface area contributed by atoms with E-state index in [-0.39, 0.29) is 52.9 Å². The van der Waals surface area contributed by atoms with Gasteiger partial charge in [-0.25, -0.2) is 52.6 Å². The van der Waals surface area contributed by atoms with Gasteiger partial charge in [-0.3, -0.25) is 0 Å². The minimum atomic E-state index is -4.87. The highest BCUT2D eigenvalue weighted by Crippen LogP contribution is 2.43. The minimum Gasteiger partial charge on any atom is -0.378 e. The highest BCUT2D eigenvalue weighted by Gasteiger charge is 2.32. The molecule has 0 aromatic heterocycles. The minimum absolute atomic E-state index is 0.205. The van der Waals surface area contributed by atoms with Crippen LogP contribution < -0.4 is 35.6 Å². The Kier molecular flexibility index (Phi) is 22.7. The Morgan fingerprint density at radius 3 is 0.667 bits per heavy atom. The van der Waals surface area contributed by atoms with E-state index in [4.69, 9.17) is 35.7 Å². The van der Waals surface area contributed by atoms with Gasteiger partial charge in [-0.05, 0) is 111 Å². The van der Waals surface area contributed by atoms with E-state index >= 15 is 0 Å². The molecule has 1 aliphatic heterocycles. The van der Waals surface area contributed by atoms with E-state index in [0.29, 0.717) is 22.3 Å². The zero-order chi connectivity index (χ0) is 69.5. The van der Waals surface area contributed by atoms with E-state index < -0.39 is 190 Å². The van der Waals surface area contributed by atoms with Crippen molar-refractivity contribution in [3.8, 4) is 23.0 Å². The first-order valence-electron chi connectivity index (χ1n) is 28.7. The third kappa shape index (κ3) is 18.3. The fourth-order valence-corrected chi connectivity index (χ4v) is 17.1. The number of benzene rings is 8. The van der Waals surface area contributed by atoms with Crippen LogP contribution in [0.3, 0.4) is 0 Å². The van der Waals surface area contributed by atoms with Gasteiger partial charge in [0.15, 0.2) is 23.0 Å². The second-order valence-electron chi connectivity index (χ2n) is 21.3. The van der Waals surface area contributed by atoms with Gasteiger partial charge >= 0.3 is 40.5 Å². The molecule has 1 heterocycles. The van der Waals surface area contributed by atoms with Crippen LogP contribution in [0.1, 0.15) is 22.3 Å². The van der Waals surface area contributed by atoms with Gasteiger partial charge in [0.25, 0.3) is 0 Å². The molecule has 0 fully saturated rings. The Bertz CT molecular complexity index is 4520. The van der Waals surface area contributed by atoms with Crippen LogP contribution in [0.4, 0.5) is 0 Å². The first kappa shape index (κ1) is 73.0. The van der Waals surface area contributed by atoms with Crippen LogP contribution in [0.25, 0.3) is 21.5 Å². The van der Waals surface area contributed by atoms with Crippen LogP contribution in [0.5, 0.6) is 23.0 Å². The summed E-state index contributed by atoms with van der Waals surface area (Å²) in [4.78, 5) is -4.35. The maximum atomic E-state index is 14.1. The molecule has 28 nitrogen and oxygen atoms in total. The van der Waals surface area contributed by atoms with Crippen molar-refractivity contribution in [2.45, 2.75) is 66.9 Å². The highest BCUT2D eigenvalue weighted by atomic mass is 32.2. The molecule has 0 atom stereocenters. The van der Waals surface area contributed by atoms with Crippen LogP contribution in [0.2, 0.25) is 0 Å². The highest BCUT2D eigenvalue weighted by molar-refractivity contribution is 7.91. The Morgan fingerprint density at radius 1 is 0.292 bits per heavy atom. The van der Waals surface area contributed by atoms with E-state index in [2.05, 4.69) is 18.9 Å². The van der Waals surface area contributed by atoms with Crippen molar-refractivity contribution in [2.75, 3.05) is 79.0 Å². The van der Waals surface area contributed by atoms with Crippen molar-refractivity contribution < 1.29 is 103 Å². The summed E-state index contributed by atoms with van der Waals surface area (Å²) in [7, 11) is -38.4. The summed E-state index contributed by atoms with van der Waals surface area (Å²) in [5, 5.41) is -1.76. The van der Waals surface area contributed by atoms with E-state index in [1.54, 1.807) is 27.7 Å². The van der Waals surface area contributed by atoms with E-state index in [0.717, 1.165) is 48.5 Å². The van der Waals surface area contributed by atoms with Gasteiger partial charge in [-0.1, -0.05) is 70.8 Å². The van der Waals surface area contributed by atoms with Gasteiger partial charge in [0, 0.05) is 50.4 Å². The van der Waals surface area contributed by atoms with Crippen LogP contribution in [-0.2, 0) is 99.5 Å². The lowest BCUT2D eigenvalue weighted by Crippen LogP contribution is -2.29. The summed E-state index contributed by atoms with van der Waals surface area (Å²) in [6.45, 7) is 2.83. The molecule has 36 heteroatoms. The zero-order valence-electron chi connectivity index (χ0n) is 51.4. The number of fused-ring (bicyclic) bond motifs is 4. The van der Waals surface area contributed by atoms with E-state index in [1.807, 2.05) is 0 Å². The SMILES string of the molecule is Cc1ccc(S(=O)(=O)Oc2cc3cc4cc(cc(OS(=O)(=O)c5ccc(C)cc5)c24)S(=O)(=O)NCCOCCOCCNS(=O)(=O)c2cc(OS(=O)(=O)c4ccc(C)cc4)c4c(OS(=O)(=O)c5ccc(C)cc5)cc(cc4c2)S(=O)(=O)NCCOCCOCCNS3(=O)=O)cc1. The summed E-state index contributed by atoms with van der Waals surface area (Å²) in [6.07, 6.45) is 0. The van der Waals surface area contributed by atoms with Crippen molar-refractivity contribution in [1.29, 1.82) is 0 Å². The van der Waals surface area contributed by atoms with Crippen LogP contribution in [0, 0.1) is 27.7 Å². The predicted octanol–water partition coefficient (Wildman–Crippen LogP) is 5.19. The molecule has 0 unspecified atom stereocenters. The monoisotopic (exact) mass is 1480 g/mol. The molecule has 0 aliphatic carbocycles. The number of aryl methyl sites for hydroxylation is 4. The molecule has 0 radical (unpaired) electrons. The third-order valence-electron chi connectivity index (χ3n) is 14.0. The number of rotatable bonds is 12. The maximum absolute atomic E-state index is 14.1. The maximum Gasteiger partial charge on any atom is 0.339 e. The predicted molar refractivity (Wildman–Crippen MR) is 348 cm³/mol. The van der Waals surface area contributed by atoms with Gasteiger partial charge in [-0.2, -0.15) is 33.7 Å². The van der Waals surface area contributed by atoms with Gasteiger partial charge in [-0.15, -0.1) is 0 Å². The number of hydrogen-bond donors (Lipinski definition) is 4. The standard InChI is InChI=1S/C60H64N4O24S8/c1-41-5-13-47(14-6-41)93(73,74)85-55-37-51-33-45-34-52(38-56(59(45)55)86-94(75,76)48-15-7-42(2)8-16-48)90(67,68)62-22-26-82-31-32-84-28-24-64-92(71,72)54-36-46-35-53(91(69,70)63-23-27-83-30-29-81-25-21-61-89(51,65)66)39-57(87-95(77,78)49-17-9-43(3)10-18-49)60(46)58(40-54)88-96(79,80)50-19-11-44(4)12-20-50/h5-20,33-40,61-64H,21-32H2,1-4H3. The van der Waals surface area contributed by atoms with E-state index in [9.17, 15) is 67.3 Å². The molecular weight excluding hydrogens is 1420 g/mol. The largest absolute Gasteiger partial charge is 0.378 e. The molecule has 9 rings (SSSR count). The summed E-state index contributed by atoms with van der Waals surface area (Å²) in [5.41, 5.74) is 2.67. The van der Waals surface area contributed by atoms with Crippen molar-refractivity contribution in [1.82, 2.24) is 18.9 Å². The smallest absolute Gasteiger partial charge is 0.339 e. The molecular formula is C60H64N4O24S8. The second-order valence-corrected chi connectivity index (χ2v) is 34.6. The van der Waals surface area contributed by atoms with Crippen molar-refractivity contribution in [3.63, 3.8) is 0 Å². The molecule has 8 aromatic carbocycles. The van der Waals surface area contributed by atoms with Crippen LogP contribution >= 0.6 is 0 Å². The number of ether oxygens (including phenoxy) is 4. The molecule has 8 aromatic rings. The molecule has 0 spiro atoms. The Labute approximate surface area is 556 Å². The lowest BCUT2D eigenvalue weighted by Gasteiger charge is -2.18. The third-order valence-corrected chi connectivity index (χ3v) is 24.8. The van der Waals surface area contributed by atoms with Gasteiger partial charge in [0.2, 0.25) is 40.1 Å². The van der Waals surface area contributed by atoms with Crippen LogP contribution in [0.15, 0.2) is 185 Å². The van der Waals surface area contributed by atoms with Crippen LogP contribution in [-0.4, -0.2) is 146 Å². The molecule has 1 aliphatic rings. The first-order valence-corrected chi connectivity index (χ1v) is 40.3. The molecule has 0 amide bonds. The second kappa shape index (κ2) is 29.9. The Balaban J connectivity index is 1.02. The van der Waals surface area contributed by atoms with Crippen molar-refractivity contribution in [2.24, 2.45) is 0 Å². The summed E-state index contributed by atoms with van der Waals surface area (Å²) < 4.78 is 279. The molecule has 0 saturated carbocycles. The van der Waals surface area contributed by atoms with Gasteiger partial charge in [0.1, 0.15) is 19.6 Å². The average molecular weight is 1480 g/mol. The molecule has 516 valence electrons. The van der Waals surface area contributed by atoms with Crippen molar-refractivity contribution in [3.05, 3.63) is 168 Å². The zero-order valence-corrected chi connectivity index (χ0v) is 57.9. The number of nitrogens with one attached hydrogen (secondary N) is 4.